The summed E-state index contributed by atoms with van der Waals surface area (Å²) in [5.41, 5.74) is 6.42. The van der Waals surface area contributed by atoms with Crippen LogP contribution in [-0.4, -0.2) is 42.5 Å². The number of nitrogens with zero attached hydrogens (tertiary/aromatic N) is 2. The average molecular weight is 222 g/mol. The molecule has 16 heavy (non-hydrogen) atoms. The summed E-state index contributed by atoms with van der Waals surface area (Å²) in [7, 11) is 2.04. The number of carbonyl (C=O) groups is 1. The third kappa shape index (κ3) is 3.51. The third-order valence-corrected chi connectivity index (χ3v) is 2.44. The standard InChI is InChI=1S/C11H18N4O/c1-3-15(2)7-6-14-10-4-5-13-8-9(10)11(12)16/h4-5,8H,3,6-7H2,1-2H3,(H2,12,16)(H,13,14). The lowest BCUT2D eigenvalue weighted by molar-refractivity contribution is 0.100. The predicted molar refractivity (Wildman–Crippen MR) is 64.4 cm³/mol. The zero-order valence-electron chi connectivity index (χ0n) is 9.73. The number of rotatable bonds is 6. The highest BCUT2D eigenvalue weighted by Gasteiger charge is 2.06. The molecule has 0 fully saturated rings. The molecule has 1 aromatic heterocycles. The Morgan fingerprint density at radius 1 is 1.62 bits per heavy atom. The Bertz CT molecular complexity index is 354. The Hall–Kier alpha value is -1.62. The second-order valence-corrected chi connectivity index (χ2v) is 3.61. The van der Waals surface area contributed by atoms with Gasteiger partial charge in [-0.3, -0.25) is 9.78 Å². The fourth-order valence-electron chi connectivity index (χ4n) is 1.28. The number of pyridine rings is 1. The maximum Gasteiger partial charge on any atom is 0.252 e. The Labute approximate surface area is 95.7 Å². The van der Waals surface area contributed by atoms with Crippen molar-refractivity contribution in [2.75, 3.05) is 32.0 Å². The van der Waals surface area contributed by atoms with Gasteiger partial charge in [0.25, 0.3) is 5.91 Å². The van der Waals surface area contributed by atoms with Crippen LogP contribution in [0.3, 0.4) is 0 Å². The van der Waals surface area contributed by atoms with Gasteiger partial charge >= 0.3 is 0 Å². The minimum Gasteiger partial charge on any atom is -0.383 e. The number of nitrogens with two attached hydrogens (primary N) is 1. The smallest absolute Gasteiger partial charge is 0.252 e. The largest absolute Gasteiger partial charge is 0.383 e. The fraction of sp³-hybridized carbons (Fsp3) is 0.455. The van der Waals surface area contributed by atoms with Gasteiger partial charge in [-0.25, -0.2) is 0 Å². The van der Waals surface area contributed by atoms with Crippen molar-refractivity contribution in [3.05, 3.63) is 24.0 Å². The Morgan fingerprint density at radius 2 is 2.38 bits per heavy atom. The van der Waals surface area contributed by atoms with E-state index in [-0.39, 0.29) is 0 Å². The molecule has 1 rings (SSSR count). The average Bonchev–Trinajstić information content (AvgIpc) is 2.29. The van der Waals surface area contributed by atoms with Gasteiger partial charge in [-0.1, -0.05) is 6.92 Å². The number of carbonyl (C=O) groups excluding carboxylic acids is 1. The molecule has 0 aliphatic rings. The topological polar surface area (TPSA) is 71.2 Å². The molecule has 0 aromatic carbocycles. The molecule has 0 aliphatic heterocycles. The van der Waals surface area contributed by atoms with Crippen LogP contribution in [0.4, 0.5) is 5.69 Å². The molecule has 0 unspecified atom stereocenters. The first-order valence-corrected chi connectivity index (χ1v) is 5.31. The maximum absolute atomic E-state index is 11.1. The SMILES string of the molecule is CCN(C)CCNc1ccncc1C(N)=O. The predicted octanol–water partition coefficient (Wildman–Crippen LogP) is 0.544. The van der Waals surface area contributed by atoms with Gasteiger partial charge in [0, 0.05) is 25.5 Å². The van der Waals surface area contributed by atoms with Gasteiger partial charge in [-0.2, -0.15) is 0 Å². The minimum atomic E-state index is -0.459. The summed E-state index contributed by atoms with van der Waals surface area (Å²) in [5, 5.41) is 3.18. The highest BCUT2D eigenvalue weighted by atomic mass is 16.1. The molecule has 5 heteroatoms. The molecular weight excluding hydrogens is 204 g/mol. The number of hydrogen-bond acceptors (Lipinski definition) is 4. The monoisotopic (exact) mass is 222 g/mol. The second kappa shape index (κ2) is 6.07. The van der Waals surface area contributed by atoms with Crippen molar-refractivity contribution in [2.45, 2.75) is 6.92 Å². The highest BCUT2D eigenvalue weighted by molar-refractivity contribution is 5.98. The van der Waals surface area contributed by atoms with E-state index in [2.05, 4.69) is 22.1 Å². The molecule has 3 N–H and O–H groups in total. The molecule has 0 bridgehead atoms. The Balaban J connectivity index is 2.56. The fourth-order valence-corrected chi connectivity index (χ4v) is 1.28. The molecule has 0 saturated heterocycles. The highest BCUT2D eigenvalue weighted by Crippen LogP contribution is 2.11. The zero-order chi connectivity index (χ0) is 12.0. The summed E-state index contributed by atoms with van der Waals surface area (Å²) >= 11 is 0. The third-order valence-electron chi connectivity index (χ3n) is 2.44. The Morgan fingerprint density at radius 3 is 3.00 bits per heavy atom. The number of nitrogens with one attached hydrogen (secondary N) is 1. The summed E-state index contributed by atoms with van der Waals surface area (Å²) in [6, 6.07) is 1.76. The number of anilines is 1. The van der Waals surface area contributed by atoms with E-state index in [4.69, 9.17) is 5.73 Å². The first-order chi connectivity index (χ1) is 7.65. The zero-order valence-corrected chi connectivity index (χ0v) is 9.73. The van der Waals surface area contributed by atoms with Gasteiger partial charge in [0.15, 0.2) is 0 Å². The van der Waals surface area contributed by atoms with Crippen LogP contribution >= 0.6 is 0 Å². The van der Waals surface area contributed by atoms with Crippen molar-refractivity contribution in [3.8, 4) is 0 Å². The first kappa shape index (κ1) is 12.4. The van der Waals surface area contributed by atoms with Crippen LogP contribution in [0.1, 0.15) is 17.3 Å². The molecule has 1 amide bonds. The molecule has 5 nitrogen and oxygen atoms in total. The van der Waals surface area contributed by atoms with Gasteiger partial charge in [0.1, 0.15) is 0 Å². The first-order valence-electron chi connectivity index (χ1n) is 5.31. The van der Waals surface area contributed by atoms with Gasteiger partial charge in [0.05, 0.1) is 11.3 Å². The molecular formula is C11H18N4O. The van der Waals surface area contributed by atoms with E-state index in [1.54, 1.807) is 12.3 Å². The van der Waals surface area contributed by atoms with Crippen LogP contribution in [0.15, 0.2) is 18.5 Å². The van der Waals surface area contributed by atoms with E-state index < -0.39 is 5.91 Å². The van der Waals surface area contributed by atoms with Gasteiger partial charge in [-0.15, -0.1) is 0 Å². The van der Waals surface area contributed by atoms with E-state index in [1.807, 2.05) is 7.05 Å². The molecule has 0 radical (unpaired) electrons. The minimum absolute atomic E-state index is 0.432. The van der Waals surface area contributed by atoms with Crippen molar-refractivity contribution in [2.24, 2.45) is 5.73 Å². The molecule has 0 spiro atoms. The van der Waals surface area contributed by atoms with Crippen LogP contribution in [0.5, 0.6) is 0 Å². The molecule has 88 valence electrons. The Kier molecular flexibility index (Phi) is 4.72. The lowest BCUT2D eigenvalue weighted by Crippen LogP contribution is -2.25. The summed E-state index contributed by atoms with van der Waals surface area (Å²) in [6.45, 7) is 4.79. The van der Waals surface area contributed by atoms with Crippen molar-refractivity contribution >= 4 is 11.6 Å². The van der Waals surface area contributed by atoms with E-state index in [0.717, 1.165) is 25.3 Å². The maximum atomic E-state index is 11.1. The van der Waals surface area contributed by atoms with Crippen molar-refractivity contribution in [1.29, 1.82) is 0 Å². The summed E-state index contributed by atoms with van der Waals surface area (Å²) < 4.78 is 0. The van der Waals surface area contributed by atoms with Crippen molar-refractivity contribution in [3.63, 3.8) is 0 Å². The molecule has 1 aromatic rings. The summed E-state index contributed by atoms with van der Waals surface area (Å²) in [6.07, 6.45) is 3.12. The second-order valence-electron chi connectivity index (χ2n) is 3.61. The van der Waals surface area contributed by atoms with Gasteiger partial charge in [-0.05, 0) is 19.7 Å². The normalized spacial score (nSPS) is 10.4. The van der Waals surface area contributed by atoms with E-state index in [1.165, 1.54) is 6.20 Å². The van der Waals surface area contributed by atoms with Crippen molar-refractivity contribution in [1.82, 2.24) is 9.88 Å². The molecule has 0 atom stereocenters. The number of amides is 1. The lowest BCUT2D eigenvalue weighted by Gasteiger charge is -2.15. The molecule has 0 saturated carbocycles. The van der Waals surface area contributed by atoms with Crippen LogP contribution in [0.25, 0.3) is 0 Å². The van der Waals surface area contributed by atoms with Crippen LogP contribution < -0.4 is 11.1 Å². The summed E-state index contributed by atoms with van der Waals surface area (Å²) in [5.74, 6) is -0.459. The molecule has 0 aliphatic carbocycles. The van der Waals surface area contributed by atoms with Crippen LogP contribution in [-0.2, 0) is 0 Å². The van der Waals surface area contributed by atoms with E-state index in [9.17, 15) is 4.79 Å². The number of likely N-dealkylation sites (N-methyl/N-ethyl adjacent to an activating group) is 1. The lowest BCUT2D eigenvalue weighted by atomic mass is 10.2. The molecule has 1 heterocycles. The number of aromatic nitrogens is 1. The van der Waals surface area contributed by atoms with Crippen LogP contribution in [0, 0.1) is 0 Å². The van der Waals surface area contributed by atoms with Gasteiger partial charge in [0.2, 0.25) is 0 Å². The van der Waals surface area contributed by atoms with Crippen molar-refractivity contribution < 1.29 is 4.79 Å². The van der Waals surface area contributed by atoms with E-state index >= 15 is 0 Å². The van der Waals surface area contributed by atoms with E-state index in [0.29, 0.717) is 5.56 Å². The van der Waals surface area contributed by atoms with Crippen LogP contribution in [0.2, 0.25) is 0 Å². The number of hydrogen-bond donors (Lipinski definition) is 2. The number of primary amides is 1. The van der Waals surface area contributed by atoms with Gasteiger partial charge < -0.3 is 16.0 Å². The quantitative estimate of drug-likeness (QED) is 0.737. The summed E-state index contributed by atoms with van der Waals surface area (Å²) in [4.78, 5) is 17.2.